The fourth-order valence-electron chi connectivity index (χ4n) is 0.870. The van der Waals surface area contributed by atoms with E-state index in [0.717, 1.165) is 0 Å². The van der Waals surface area contributed by atoms with Crippen LogP contribution in [-0.4, -0.2) is 43.4 Å². The fourth-order valence-corrected chi connectivity index (χ4v) is 0.870. The van der Waals surface area contributed by atoms with Gasteiger partial charge in [-0.2, -0.15) is 13.2 Å². The Bertz CT molecular complexity index is 206. The first kappa shape index (κ1) is 19.0. The van der Waals surface area contributed by atoms with Gasteiger partial charge in [0.15, 0.2) is 0 Å². The van der Waals surface area contributed by atoms with E-state index in [9.17, 15) is 18.0 Å². The first-order valence-corrected chi connectivity index (χ1v) is 5.42. The number of carbonyl (C=O) groups excluding carboxylic acids is 1. The second-order valence-electron chi connectivity index (χ2n) is 3.17. The summed E-state index contributed by atoms with van der Waals surface area (Å²) in [7, 11) is 0. The molecular formula is C10H18F3NO4. The molecule has 0 amide bonds. The maximum atomic E-state index is 10.6. The predicted octanol–water partition coefficient (Wildman–Crippen LogP) is 1.57. The molecule has 2 N–H and O–H groups in total. The van der Waals surface area contributed by atoms with Crippen LogP contribution in [0.2, 0.25) is 0 Å². The quantitative estimate of drug-likeness (QED) is 0.747. The number of hydrogen-bond acceptors (Lipinski definition) is 4. The van der Waals surface area contributed by atoms with Crippen molar-refractivity contribution in [2.75, 3.05) is 19.7 Å². The average Bonchev–Trinajstić information content (AvgIpc) is 2.32. The summed E-state index contributed by atoms with van der Waals surface area (Å²) in [5.74, 6) is -2.76. The summed E-state index contributed by atoms with van der Waals surface area (Å²) in [5, 5.41) is 10.4. The zero-order valence-electron chi connectivity index (χ0n) is 10.1. The molecule has 1 rings (SSSR count). The Morgan fingerprint density at radius 3 is 1.83 bits per heavy atom. The van der Waals surface area contributed by atoms with Crippen molar-refractivity contribution in [2.24, 2.45) is 0 Å². The van der Waals surface area contributed by atoms with Gasteiger partial charge in [0.25, 0.3) is 6.47 Å². The van der Waals surface area contributed by atoms with Crippen molar-refractivity contribution in [2.45, 2.75) is 32.4 Å². The topological polar surface area (TPSA) is 75.6 Å². The number of hydrogen-bond donors (Lipinski definition) is 2. The zero-order chi connectivity index (χ0) is 14.4. The highest BCUT2D eigenvalue weighted by Gasteiger charge is 2.38. The molecule has 0 aliphatic carbocycles. The number of nitrogens with one attached hydrogen (secondary N) is 1. The lowest BCUT2D eigenvalue weighted by Gasteiger charge is -2.08. The van der Waals surface area contributed by atoms with Crippen LogP contribution in [-0.2, 0) is 14.3 Å². The SMILES string of the molecule is C1CCNCC1.CCOC=O.O=C(O)C(F)(F)F. The van der Waals surface area contributed by atoms with Crippen molar-refractivity contribution >= 4 is 12.4 Å². The van der Waals surface area contributed by atoms with Crippen LogP contribution in [0.3, 0.4) is 0 Å². The van der Waals surface area contributed by atoms with Crippen LogP contribution in [0.25, 0.3) is 0 Å². The lowest BCUT2D eigenvalue weighted by molar-refractivity contribution is -0.192. The summed E-state index contributed by atoms with van der Waals surface area (Å²) in [6.45, 7) is 5.16. The third kappa shape index (κ3) is 17.1. The van der Waals surface area contributed by atoms with Crippen LogP contribution in [0.4, 0.5) is 13.2 Å². The number of ether oxygens (including phenoxy) is 1. The van der Waals surface area contributed by atoms with Gasteiger partial charge in [-0.25, -0.2) is 4.79 Å². The molecule has 0 atom stereocenters. The maximum absolute atomic E-state index is 10.6. The van der Waals surface area contributed by atoms with E-state index >= 15 is 0 Å². The Morgan fingerprint density at radius 1 is 1.33 bits per heavy atom. The molecule has 0 radical (unpaired) electrons. The molecule has 18 heavy (non-hydrogen) atoms. The molecule has 0 aromatic carbocycles. The molecule has 0 aromatic rings. The highest BCUT2D eigenvalue weighted by atomic mass is 19.4. The van der Waals surface area contributed by atoms with Gasteiger partial charge < -0.3 is 15.2 Å². The molecule has 0 aromatic heterocycles. The molecular weight excluding hydrogens is 255 g/mol. The van der Waals surface area contributed by atoms with Crippen LogP contribution < -0.4 is 5.32 Å². The first-order valence-electron chi connectivity index (χ1n) is 5.42. The molecule has 1 heterocycles. The molecule has 0 bridgehead atoms. The smallest absolute Gasteiger partial charge is 0.475 e. The summed E-state index contributed by atoms with van der Waals surface area (Å²) in [6, 6.07) is 0. The van der Waals surface area contributed by atoms with Crippen molar-refractivity contribution in [3.8, 4) is 0 Å². The van der Waals surface area contributed by atoms with E-state index in [-0.39, 0.29) is 0 Å². The van der Waals surface area contributed by atoms with Gasteiger partial charge in [-0.05, 0) is 32.9 Å². The van der Waals surface area contributed by atoms with Crippen LogP contribution in [0.5, 0.6) is 0 Å². The lowest BCUT2D eigenvalue weighted by Crippen LogP contribution is -2.21. The minimum absolute atomic E-state index is 0.431. The van der Waals surface area contributed by atoms with E-state index in [1.807, 2.05) is 0 Å². The second-order valence-corrected chi connectivity index (χ2v) is 3.17. The standard InChI is InChI=1S/C5H11N.C3H6O2.C2HF3O2/c1-2-4-6-5-3-1;1-2-5-3-4;3-2(4,5)1(6)7/h6H,1-5H2;3H,2H2,1H3;(H,6,7). The van der Waals surface area contributed by atoms with Gasteiger partial charge >= 0.3 is 12.1 Å². The number of aliphatic carboxylic acids is 1. The predicted molar refractivity (Wildman–Crippen MR) is 58.1 cm³/mol. The molecule has 1 aliphatic heterocycles. The molecule has 108 valence electrons. The van der Waals surface area contributed by atoms with Crippen LogP contribution >= 0.6 is 0 Å². The minimum Gasteiger partial charge on any atom is -0.475 e. The van der Waals surface area contributed by atoms with Gasteiger partial charge in [0.05, 0.1) is 6.61 Å². The average molecular weight is 273 g/mol. The molecule has 1 saturated heterocycles. The molecule has 0 spiro atoms. The van der Waals surface area contributed by atoms with E-state index < -0.39 is 12.1 Å². The van der Waals surface area contributed by atoms with E-state index in [1.54, 1.807) is 6.92 Å². The summed E-state index contributed by atoms with van der Waals surface area (Å²) in [6.07, 6.45) is -0.868. The van der Waals surface area contributed by atoms with E-state index in [0.29, 0.717) is 13.1 Å². The monoisotopic (exact) mass is 273 g/mol. The number of carbonyl (C=O) groups is 2. The van der Waals surface area contributed by atoms with Gasteiger partial charge in [0.2, 0.25) is 0 Å². The Morgan fingerprint density at radius 2 is 1.78 bits per heavy atom. The van der Waals surface area contributed by atoms with Crippen molar-refractivity contribution < 1.29 is 32.6 Å². The van der Waals surface area contributed by atoms with Crippen molar-refractivity contribution in [3.05, 3.63) is 0 Å². The minimum atomic E-state index is -5.08. The molecule has 0 unspecified atom stereocenters. The number of rotatable bonds is 2. The highest BCUT2D eigenvalue weighted by molar-refractivity contribution is 5.73. The van der Waals surface area contributed by atoms with Crippen molar-refractivity contribution in [3.63, 3.8) is 0 Å². The van der Waals surface area contributed by atoms with Gasteiger partial charge in [-0.3, -0.25) is 4.79 Å². The van der Waals surface area contributed by atoms with Crippen LogP contribution in [0.15, 0.2) is 0 Å². The first-order chi connectivity index (χ1) is 8.36. The lowest BCUT2D eigenvalue weighted by atomic mass is 10.2. The third-order valence-electron chi connectivity index (χ3n) is 1.68. The summed E-state index contributed by atoms with van der Waals surface area (Å²) in [4.78, 5) is 18.1. The molecule has 1 aliphatic rings. The number of carboxylic acids is 1. The fraction of sp³-hybridized carbons (Fsp3) is 0.800. The Balaban J connectivity index is 0. The Hall–Kier alpha value is -1.31. The van der Waals surface area contributed by atoms with Crippen LogP contribution in [0.1, 0.15) is 26.2 Å². The van der Waals surface area contributed by atoms with Crippen molar-refractivity contribution in [1.29, 1.82) is 0 Å². The van der Waals surface area contributed by atoms with Crippen LogP contribution in [0, 0.1) is 0 Å². The largest absolute Gasteiger partial charge is 0.490 e. The molecule has 0 saturated carbocycles. The van der Waals surface area contributed by atoms with Gasteiger partial charge in [-0.1, -0.05) is 6.42 Å². The third-order valence-corrected chi connectivity index (χ3v) is 1.68. The molecule has 5 nitrogen and oxygen atoms in total. The number of carboxylic acid groups (broad SMARTS) is 1. The second kappa shape index (κ2) is 12.2. The molecule has 1 fully saturated rings. The molecule has 8 heteroatoms. The number of halogens is 3. The normalized spacial score (nSPS) is 14.2. The summed E-state index contributed by atoms with van der Waals surface area (Å²) >= 11 is 0. The maximum Gasteiger partial charge on any atom is 0.490 e. The van der Waals surface area contributed by atoms with E-state index in [4.69, 9.17) is 9.90 Å². The van der Waals surface area contributed by atoms with E-state index in [2.05, 4.69) is 10.1 Å². The van der Waals surface area contributed by atoms with Crippen molar-refractivity contribution in [1.82, 2.24) is 5.32 Å². The van der Waals surface area contributed by atoms with E-state index in [1.165, 1.54) is 32.4 Å². The van der Waals surface area contributed by atoms with Gasteiger partial charge in [0, 0.05) is 0 Å². The summed E-state index contributed by atoms with van der Waals surface area (Å²) < 4.78 is 35.9. The Labute approximate surface area is 103 Å². The van der Waals surface area contributed by atoms with Gasteiger partial charge in [-0.15, -0.1) is 0 Å². The number of piperidine rings is 1. The number of alkyl halides is 3. The van der Waals surface area contributed by atoms with Gasteiger partial charge in [0.1, 0.15) is 0 Å². The zero-order valence-corrected chi connectivity index (χ0v) is 10.1. The summed E-state index contributed by atoms with van der Waals surface area (Å²) in [5.41, 5.74) is 0. The highest BCUT2D eigenvalue weighted by Crippen LogP contribution is 2.13. The Kier molecular flexibility index (Phi) is 12.9.